The Morgan fingerprint density at radius 1 is 1.32 bits per heavy atom. The first-order valence-electron chi connectivity index (χ1n) is 7.14. The molecule has 1 aromatic rings. The van der Waals surface area contributed by atoms with Crippen molar-refractivity contribution in [3.63, 3.8) is 0 Å². The second-order valence-electron chi connectivity index (χ2n) is 5.83. The van der Waals surface area contributed by atoms with Gasteiger partial charge in [0.1, 0.15) is 0 Å². The summed E-state index contributed by atoms with van der Waals surface area (Å²) in [5.74, 6) is 0.958. The second kappa shape index (κ2) is 7.03. The molecule has 0 spiro atoms. The van der Waals surface area contributed by atoms with E-state index in [1.807, 2.05) is 0 Å². The summed E-state index contributed by atoms with van der Waals surface area (Å²) in [5.41, 5.74) is 1.02. The lowest BCUT2D eigenvalue weighted by molar-refractivity contribution is 0.257. The van der Waals surface area contributed by atoms with Crippen LogP contribution >= 0.6 is 0 Å². The monoisotopic (exact) mass is 266 g/mol. The van der Waals surface area contributed by atoms with Gasteiger partial charge in [-0.3, -0.25) is 4.90 Å². The highest BCUT2D eigenvalue weighted by molar-refractivity contribution is 5.05. The fourth-order valence-electron chi connectivity index (χ4n) is 2.05. The van der Waals surface area contributed by atoms with Gasteiger partial charge < -0.3 is 14.7 Å². The molecule has 5 nitrogen and oxygen atoms in total. The molecule has 1 aliphatic rings. The number of nitrogens with zero attached hydrogens (tertiary/aromatic N) is 3. The summed E-state index contributed by atoms with van der Waals surface area (Å²) >= 11 is 0. The first-order chi connectivity index (χ1) is 9.13. The Kier molecular flexibility index (Phi) is 5.36. The summed E-state index contributed by atoms with van der Waals surface area (Å²) in [6, 6.07) is 2.78. The van der Waals surface area contributed by atoms with Crippen LogP contribution in [0.3, 0.4) is 0 Å². The van der Waals surface area contributed by atoms with Crippen molar-refractivity contribution in [2.24, 2.45) is 0 Å². The average molecular weight is 266 g/mol. The summed E-state index contributed by atoms with van der Waals surface area (Å²) in [6.07, 6.45) is 3.78. The summed E-state index contributed by atoms with van der Waals surface area (Å²) in [4.78, 5) is 4.49. The van der Waals surface area contributed by atoms with Crippen LogP contribution in [0, 0.1) is 0 Å². The molecule has 1 aliphatic carbocycles. The third kappa shape index (κ3) is 5.72. The Balaban J connectivity index is 1.66. The minimum Gasteiger partial charge on any atom is -0.360 e. The predicted molar refractivity (Wildman–Crippen MR) is 75.9 cm³/mol. The van der Waals surface area contributed by atoms with Crippen LogP contribution < -0.4 is 5.32 Å². The highest BCUT2D eigenvalue weighted by Gasteiger charge is 2.20. The third-order valence-corrected chi connectivity index (χ3v) is 3.33. The standard InChI is InChI=1S/C14H26N4O/c1-17(2)7-4-8-18(3)11-14-9-13(16-19-14)10-15-12-5-6-12/h9,12,15H,4-8,10-11H2,1-3H3. The number of hydrogen-bond donors (Lipinski definition) is 1. The molecule has 0 saturated heterocycles. The summed E-state index contributed by atoms with van der Waals surface area (Å²) in [7, 11) is 6.34. The highest BCUT2D eigenvalue weighted by Crippen LogP contribution is 2.19. The fourth-order valence-corrected chi connectivity index (χ4v) is 2.05. The Morgan fingerprint density at radius 3 is 2.79 bits per heavy atom. The van der Waals surface area contributed by atoms with E-state index in [4.69, 9.17) is 4.52 Å². The van der Waals surface area contributed by atoms with Crippen LogP contribution in [0.5, 0.6) is 0 Å². The molecule has 1 N–H and O–H groups in total. The Bertz CT molecular complexity index is 373. The van der Waals surface area contributed by atoms with Gasteiger partial charge in [0.15, 0.2) is 5.76 Å². The van der Waals surface area contributed by atoms with E-state index >= 15 is 0 Å². The molecule has 2 rings (SSSR count). The lowest BCUT2D eigenvalue weighted by Gasteiger charge is -2.16. The molecule has 0 aliphatic heterocycles. The maximum Gasteiger partial charge on any atom is 0.151 e. The van der Waals surface area contributed by atoms with Crippen molar-refractivity contribution >= 4 is 0 Å². The van der Waals surface area contributed by atoms with Crippen LogP contribution in [-0.4, -0.2) is 55.2 Å². The molecule has 108 valence electrons. The molecule has 0 aromatic carbocycles. The van der Waals surface area contributed by atoms with Crippen molar-refractivity contribution in [3.05, 3.63) is 17.5 Å². The minimum atomic E-state index is 0.717. The van der Waals surface area contributed by atoms with Gasteiger partial charge in [0.25, 0.3) is 0 Å². The quantitative estimate of drug-likeness (QED) is 0.730. The smallest absolute Gasteiger partial charge is 0.151 e. The van der Waals surface area contributed by atoms with Crippen LogP contribution in [0.25, 0.3) is 0 Å². The maximum atomic E-state index is 5.37. The molecule has 0 unspecified atom stereocenters. The van der Waals surface area contributed by atoms with Crippen molar-refractivity contribution in [1.82, 2.24) is 20.3 Å². The Morgan fingerprint density at radius 2 is 2.11 bits per heavy atom. The largest absolute Gasteiger partial charge is 0.360 e. The zero-order valence-electron chi connectivity index (χ0n) is 12.4. The SMILES string of the molecule is CN(C)CCCN(C)Cc1cc(CNC2CC2)no1. The summed E-state index contributed by atoms with van der Waals surface area (Å²) < 4.78 is 5.37. The molecule has 19 heavy (non-hydrogen) atoms. The van der Waals surface area contributed by atoms with E-state index in [2.05, 4.69) is 47.5 Å². The average Bonchev–Trinajstić information content (AvgIpc) is 3.07. The van der Waals surface area contributed by atoms with Crippen LogP contribution in [0.2, 0.25) is 0 Å². The highest BCUT2D eigenvalue weighted by atomic mass is 16.5. The first-order valence-corrected chi connectivity index (χ1v) is 7.14. The van der Waals surface area contributed by atoms with Crippen molar-refractivity contribution in [2.45, 2.75) is 38.4 Å². The lowest BCUT2D eigenvalue weighted by atomic mass is 10.3. The molecular weight excluding hydrogens is 240 g/mol. The fraction of sp³-hybridized carbons (Fsp3) is 0.786. The number of aromatic nitrogens is 1. The van der Waals surface area contributed by atoms with Gasteiger partial charge in [0.05, 0.1) is 12.2 Å². The second-order valence-corrected chi connectivity index (χ2v) is 5.83. The van der Waals surface area contributed by atoms with Crippen molar-refractivity contribution in [3.8, 4) is 0 Å². The zero-order valence-corrected chi connectivity index (χ0v) is 12.4. The molecule has 5 heteroatoms. The van der Waals surface area contributed by atoms with Gasteiger partial charge in [-0.05, 0) is 53.5 Å². The Hall–Kier alpha value is -0.910. The van der Waals surface area contributed by atoms with Crippen molar-refractivity contribution in [1.29, 1.82) is 0 Å². The topological polar surface area (TPSA) is 44.5 Å². The molecule has 1 fully saturated rings. The first kappa shape index (κ1) is 14.5. The van der Waals surface area contributed by atoms with Gasteiger partial charge in [0, 0.05) is 18.7 Å². The number of hydrogen-bond acceptors (Lipinski definition) is 5. The van der Waals surface area contributed by atoms with E-state index in [1.165, 1.54) is 19.3 Å². The minimum absolute atomic E-state index is 0.717. The van der Waals surface area contributed by atoms with Gasteiger partial charge in [-0.15, -0.1) is 0 Å². The molecule has 0 radical (unpaired) electrons. The zero-order chi connectivity index (χ0) is 13.7. The van der Waals surface area contributed by atoms with E-state index in [0.717, 1.165) is 37.6 Å². The van der Waals surface area contributed by atoms with Crippen LogP contribution in [0.1, 0.15) is 30.7 Å². The van der Waals surface area contributed by atoms with Crippen LogP contribution in [-0.2, 0) is 13.1 Å². The van der Waals surface area contributed by atoms with E-state index in [-0.39, 0.29) is 0 Å². The molecule has 1 heterocycles. The van der Waals surface area contributed by atoms with Crippen molar-refractivity contribution < 1.29 is 4.52 Å². The van der Waals surface area contributed by atoms with E-state index in [1.54, 1.807) is 0 Å². The van der Waals surface area contributed by atoms with Gasteiger partial charge in [-0.2, -0.15) is 0 Å². The van der Waals surface area contributed by atoms with Gasteiger partial charge in [0.2, 0.25) is 0 Å². The molecule has 1 saturated carbocycles. The molecule has 0 amide bonds. The summed E-state index contributed by atoms with van der Waals surface area (Å²) in [6.45, 7) is 3.87. The predicted octanol–water partition coefficient (Wildman–Crippen LogP) is 1.31. The number of nitrogens with one attached hydrogen (secondary N) is 1. The maximum absolute atomic E-state index is 5.37. The Labute approximate surface area is 115 Å². The molecule has 0 atom stereocenters. The van der Waals surface area contributed by atoms with Gasteiger partial charge in [-0.1, -0.05) is 5.16 Å². The van der Waals surface area contributed by atoms with Gasteiger partial charge >= 0.3 is 0 Å². The molecular formula is C14H26N4O. The van der Waals surface area contributed by atoms with Gasteiger partial charge in [-0.25, -0.2) is 0 Å². The lowest BCUT2D eigenvalue weighted by Crippen LogP contribution is -2.23. The molecule has 1 aromatic heterocycles. The number of rotatable bonds is 9. The van der Waals surface area contributed by atoms with Crippen molar-refractivity contribution in [2.75, 3.05) is 34.2 Å². The van der Waals surface area contributed by atoms with Crippen LogP contribution in [0.4, 0.5) is 0 Å². The van der Waals surface area contributed by atoms with Crippen LogP contribution in [0.15, 0.2) is 10.6 Å². The third-order valence-electron chi connectivity index (χ3n) is 3.33. The van der Waals surface area contributed by atoms with E-state index in [9.17, 15) is 0 Å². The summed E-state index contributed by atoms with van der Waals surface area (Å²) in [5, 5.41) is 7.55. The normalized spacial score (nSPS) is 15.6. The van der Waals surface area contributed by atoms with E-state index in [0.29, 0.717) is 6.04 Å². The molecule has 0 bridgehead atoms. The van der Waals surface area contributed by atoms with E-state index < -0.39 is 0 Å².